The van der Waals surface area contributed by atoms with Crippen LogP contribution >= 0.6 is 0 Å². The molecule has 27 heavy (non-hydrogen) atoms. The number of carbonyl (C=O) groups excluding carboxylic acids is 1. The van der Waals surface area contributed by atoms with Gasteiger partial charge in [0, 0.05) is 18.7 Å². The van der Waals surface area contributed by atoms with E-state index in [1.165, 1.54) is 17.0 Å². The summed E-state index contributed by atoms with van der Waals surface area (Å²) in [6, 6.07) is 13.5. The van der Waals surface area contributed by atoms with E-state index in [4.69, 9.17) is 0 Å². The molecule has 3 rings (SSSR count). The Labute approximate surface area is 155 Å². The van der Waals surface area contributed by atoms with Gasteiger partial charge in [0.05, 0.1) is 11.3 Å². The minimum atomic E-state index is -4.46. The smallest absolute Gasteiger partial charge is 0.307 e. The van der Waals surface area contributed by atoms with E-state index < -0.39 is 17.8 Å². The number of anilines is 1. The molecule has 0 aliphatic carbocycles. The zero-order valence-electron chi connectivity index (χ0n) is 14.7. The zero-order chi connectivity index (χ0) is 19.3. The van der Waals surface area contributed by atoms with Gasteiger partial charge in [-0.25, -0.2) is 9.79 Å². The predicted molar refractivity (Wildman–Crippen MR) is 99.2 cm³/mol. The van der Waals surface area contributed by atoms with Crippen LogP contribution in [0.25, 0.3) is 0 Å². The van der Waals surface area contributed by atoms with Gasteiger partial charge in [0.2, 0.25) is 0 Å². The molecule has 1 fully saturated rings. The number of amidine groups is 1. The van der Waals surface area contributed by atoms with E-state index in [9.17, 15) is 18.0 Å². The minimum Gasteiger partial charge on any atom is -0.307 e. The second kappa shape index (κ2) is 8.24. The highest BCUT2D eigenvalue weighted by molar-refractivity contribution is 6.04. The first-order valence-electron chi connectivity index (χ1n) is 8.82. The molecule has 1 N–H and O–H groups in total. The monoisotopic (exact) mass is 375 g/mol. The lowest BCUT2D eigenvalue weighted by molar-refractivity contribution is -0.137. The van der Waals surface area contributed by atoms with Crippen molar-refractivity contribution in [1.29, 1.82) is 0 Å². The molecule has 0 bridgehead atoms. The summed E-state index contributed by atoms with van der Waals surface area (Å²) in [7, 11) is 0. The molecule has 0 spiro atoms. The van der Waals surface area contributed by atoms with Crippen LogP contribution in [-0.2, 0) is 6.18 Å². The summed E-state index contributed by atoms with van der Waals surface area (Å²) in [5, 5.41) is 2.57. The molecule has 1 heterocycles. The summed E-state index contributed by atoms with van der Waals surface area (Å²) in [5.74, 6) is 0.628. The van der Waals surface area contributed by atoms with Gasteiger partial charge in [0.15, 0.2) is 0 Å². The van der Waals surface area contributed by atoms with E-state index in [-0.39, 0.29) is 5.69 Å². The SMILES string of the molecule is O=C(Nc1cccc(C(F)(F)F)c1)N1CCCCCC1=Nc1ccccc1. The van der Waals surface area contributed by atoms with Crippen molar-refractivity contribution in [2.75, 3.05) is 11.9 Å². The van der Waals surface area contributed by atoms with Crippen LogP contribution in [0.3, 0.4) is 0 Å². The first-order valence-corrected chi connectivity index (χ1v) is 8.82. The number of urea groups is 1. The fourth-order valence-corrected chi connectivity index (χ4v) is 2.94. The summed E-state index contributed by atoms with van der Waals surface area (Å²) >= 11 is 0. The molecule has 0 radical (unpaired) electrons. The normalized spacial score (nSPS) is 16.9. The Kier molecular flexibility index (Phi) is 5.78. The molecular weight excluding hydrogens is 355 g/mol. The van der Waals surface area contributed by atoms with Gasteiger partial charge in [0.1, 0.15) is 5.84 Å². The van der Waals surface area contributed by atoms with Crippen molar-refractivity contribution in [2.45, 2.75) is 31.9 Å². The largest absolute Gasteiger partial charge is 0.416 e. The Morgan fingerprint density at radius 2 is 1.78 bits per heavy atom. The van der Waals surface area contributed by atoms with Gasteiger partial charge in [-0.3, -0.25) is 4.90 Å². The molecule has 0 saturated carbocycles. The number of halogens is 3. The van der Waals surface area contributed by atoms with Crippen LogP contribution in [0.1, 0.15) is 31.2 Å². The lowest BCUT2D eigenvalue weighted by atomic mass is 10.2. The number of carbonyl (C=O) groups is 1. The third-order valence-electron chi connectivity index (χ3n) is 4.29. The third-order valence-corrected chi connectivity index (χ3v) is 4.29. The summed E-state index contributed by atoms with van der Waals surface area (Å²) in [5.41, 5.74) is 0.0544. The van der Waals surface area contributed by atoms with Crippen LogP contribution in [0.5, 0.6) is 0 Å². The van der Waals surface area contributed by atoms with Crippen molar-refractivity contribution in [2.24, 2.45) is 4.99 Å². The van der Waals surface area contributed by atoms with E-state index in [0.717, 1.165) is 37.1 Å². The fraction of sp³-hybridized carbons (Fsp3) is 0.300. The third kappa shape index (κ3) is 5.09. The maximum Gasteiger partial charge on any atom is 0.416 e. The molecule has 1 saturated heterocycles. The number of amides is 2. The minimum absolute atomic E-state index is 0.109. The molecule has 1 aliphatic heterocycles. The number of hydrogen-bond donors (Lipinski definition) is 1. The molecule has 2 aromatic rings. The first kappa shape index (κ1) is 18.9. The fourth-order valence-electron chi connectivity index (χ4n) is 2.94. The van der Waals surface area contributed by atoms with Crippen LogP contribution in [0.4, 0.5) is 29.3 Å². The van der Waals surface area contributed by atoms with Gasteiger partial charge < -0.3 is 5.32 Å². The molecule has 1 aliphatic rings. The van der Waals surface area contributed by atoms with Crippen LogP contribution in [0, 0.1) is 0 Å². The quantitative estimate of drug-likeness (QED) is 0.704. The lowest BCUT2D eigenvalue weighted by Crippen LogP contribution is -2.39. The lowest BCUT2D eigenvalue weighted by Gasteiger charge is -2.23. The van der Waals surface area contributed by atoms with Gasteiger partial charge in [0.25, 0.3) is 0 Å². The highest BCUT2D eigenvalue weighted by atomic mass is 19.4. The van der Waals surface area contributed by atoms with Crippen LogP contribution in [0.2, 0.25) is 0 Å². The molecular formula is C20H20F3N3O. The second-order valence-corrected chi connectivity index (χ2v) is 6.33. The molecule has 0 aromatic heterocycles. The highest BCUT2D eigenvalue weighted by Crippen LogP contribution is 2.30. The van der Waals surface area contributed by atoms with E-state index in [1.54, 1.807) is 0 Å². The number of para-hydroxylation sites is 1. The second-order valence-electron chi connectivity index (χ2n) is 6.33. The molecule has 2 amide bonds. The van der Waals surface area contributed by atoms with Crippen molar-refractivity contribution in [3.8, 4) is 0 Å². The average Bonchev–Trinajstić information content (AvgIpc) is 2.87. The Morgan fingerprint density at radius 1 is 1.00 bits per heavy atom. The topological polar surface area (TPSA) is 44.7 Å². The van der Waals surface area contributed by atoms with Gasteiger partial charge in [-0.2, -0.15) is 13.2 Å². The van der Waals surface area contributed by atoms with Crippen LogP contribution < -0.4 is 5.32 Å². The van der Waals surface area contributed by atoms with Crippen molar-refractivity contribution >= 4 is 23.2 Å². The predicted octanol–water partition coefficient (Wildman–Crippen LogP) is 5.84. The first-order chi connectivity index (χ1) is 12.9. The average molecular weight is 375 g/mol. The number of rotatable bonds is 2. The number of nitrogens with one attached hydrogen (secondary N) is 1. The van der Waals surface area contributed by atoms with Crippen molar-refractivity contribution < 1.29 is 18.0 Å². The van der Waals surface area contributed by atoms with Gasteiger partial charge in [-0.15, -0.1) is 0 Å². The summed E-state index contributed by atoms with van der Waals surface area (Å²) in [4.78, 5) is 18.8. The van der Waals surface area contributed by atoms with Crippen molar-refractivity contribution in [3.63, 3.8) is 0 Å². The molecule has 2 aromatic carbocycles. The van der Waals surface area contributed by atoms with E-state index >= 15 is 0 Å². The number of hydrogen-bond acceptors (Lipinski definition) is 2. The maximum atomic E-state index is 12.9. The standard InChI is InChI=1S/C20H20F3N3O/c21-20(22,23)15-8-7-11-17(14-15)25-19(27)26-13-6-2-5-12-18(26)24-16-9-3-1-4-10-16/h1,3-4,7-11,14H,2,5-6,12-13H2,(H,25,27). The molecule has 0 unspecified atom stereocenters. The molecule has 7 heteroatoms. The van der Waals surface area contributed by atoms with Crippen molar-refractivity contribution in [3.05, 3.63) is 60.2 Å². The van der Waals surface area contributed by atoms with Gasteiger partial charge in [-0.1, -0.05) is 30.7 Å². The molecule has 0 atom stereocenters. The van der Waals surface area contributed by atoms with E-state index in [1.807, 2.05) is 30.3 Å². The van der Waals surface area contributed by atoms with Gasteiger partial charge >= 0.3 is 12.2 Å². The number of nitrogens with zero attached hydrogens (tertiary/aromatic N) is 2. The van der Waals surface area contributed by atoms with Crippen LogP contribution in [0.15, 0.2) is 59.6 Å². The highest BCUT2D eigenvalue weighted by Gasteiger charge is 2.30. The Hall–Kier alpha value is -2.83. The molecule has 142 valence electrons. The summed E-state index contributed by atoms with van der Waals surface area (Å²) in [6.07, 6.45) is -1.10. The Bertz CT molecular complexity index is 819. The summed E-state index contributed by atoms with van der Waals surface area (Å²) in [6.45, 7) is 0.483. The molecule has 4 nitrogen and oxygen atoms in total. The Morgan fingerprint density at radius 3 is 2.52 bits per heavy atom. The number of benzene rings is 2. The number of alkyl halides is 3. The van der Waals surface area contributed by atoms with Gasteiger partial charge in [-0.05, 0) is 43.2 Å². The van der Waals surface area contributed by atoms with Crippen LogP contribution in [-0.4, -0.2) is 23.3 Å². The summed E-state index contributed by atoms with van der Waals surface area (Å²) < 4.78 is 38.6. The number of likely N-dealkylation sites (tertiary alicyclic amines) is 1. The van der Waals surface area contributed by atoms with Crippen molar-refractivity contribution in [1.82, 2.24) is 4.90 Å². The van der Waals surface area contributed by atoms with E-state index in [0.29, 0.717) is 18.8 Å². The maximum absolute atomic E-state index is 12.9. The zero-order valence-corrected chi connectivity index (χ0v) is 14.7. The van der Waals surface area contributed by atoms with E-state index in [2.05, 4.69) is 10.3 Å². The number of aliphatic imine (C=N–C) groups is 1. The Balaban J connectivity index is 1.81.